The number of sulfonamides is 1. The maximum Gasteiger partial charge on any atom is 0.261 e. The molecule has 2 aromatic carbocycles. The van der Waals surface area contributed by atoms with E-state index in [4.69, 9.17) is 0 Å². The minimum atomic E-state index is -3.79. The van der Waals surface area contributed by atoms with Gasteiger partial charge in [0.05, 0.1) is 22.1 Å². The van der Waals surface area contributed by atoms with Crippen LogP contribution in [0, 0.1) is 13.8 Å². The molecule has 1 aromatic heterocycles. The number of carbonyl (C=O) groups is 1. The first-order chi connectivity index (χ1) is 12.8. The van der Waals surface area contributed by atoms with Crippen LogP contribution >= 0.6 is 11.3 Å². The molecule has 0 atom stereocenters. The summed E-state index contributed by atoms with van der Waals surface area (Å²) in [6, 6.07) is 13.0. The summed E-state index contributed by atoms with van der Waals surface area (Å²) in [5.41, 5.74) is 2.47. The molecule has 0 aliphatic carbocycles. The minimum absolute atomic E-state index is 0.0289. The van der Waals surface area contributed by atoms with Gasteiger partial charge >= 0.3 is 0 Å². The molecular weight excluding hydrogens is 382 g/mol. The lowest BCUT2D eigenvalue weighted by atomic mass is 10.2. The topological polar surface area (TPSA) is 88.2 Å². The van der Waals surface area contributed by atoms with Crippen LogP contribution < -0.4 is 10.0 Å². The van der Waals surface area contributed by atoms with Crippen LogP contribution in [0.3, 0.4) is 0 Å². The van der Waals surface area contributed by atoms with Crippen molar-refractivity contribution in [3.8, 4) is 0 Å². The third-order valence-corrected chi connectivity index (χ3v) is 5.97. The Hall–Kier alpha value is -2.71. The van der Waals surface area contributed by atoms with Crippen molar-refractivity contribution in [3.63, 3.8) is 0 Å². The molecule has 6 nitrogen and oxygen atoms in total. The van der Waals surface area contributed by atoms with Crippen molar-refractivity contribution >= 4 is 33.0 Å². The molecule has 3 rings (SSSR count). The fraction of sp³-hybridized carbons (Fsp3) is 0.158. The number of hydrogen-bond donors (Lipinski definition) is 2. The number of nitrogens with one attached hydrogen (secondary N) is 2. The van der Waals surface area contributed by atoms with Gasteiger partial charge in [-0.1, -0.05) is 18.2 Å². The standard InChI is InChI=1S/C19H19N3O3S2/c1-13-5-3-7-16(9-13)22-27(24,25)18-8-4-6-15(10-18)19(23)20-11-17-12-26-14(2)21-17/h3-10,12,22H,11H2,1-2H3,(H,20,23). The number of anilines is 1. The molecule has 140 valence electrons. The predicted molar refractivity (Wildman–Crippen MR) is 106 cm³/mol. The largest absolute Gasteiger partial charge is 0.346 e. The van der Waals surface area contributed by atoms with Gasteiger partial charge in [-0.3, -0.25) is 9.52 Å². The van der Waals surface area contributed by atoms with Gasteiger partial charge in [-0.05, 0) is 49.7 Å². The van der Waals surface area contributed by atoms with Gasteiger partial charge in [0.15, 0.2) is 0 Å². The van der Waals surface area contributed by atoms with E-state index in [-0.39, 0.29) is 16.4 Å². The van der Waals surface area contributed by atoms with Crippen LogP contribution in [0.1, 0.15) is 26.6 Å². The number of amides is 1. The summed E-state index contributed by atoms with van der Waals surface area (Å²) in [4.78, 5) is 16.7. The molecule has 0 saturated carbocycles. The number of benzene rings is 2. The van der Waals surface area contributed by atoms with Gasteiger partial charge in [0.2, 0.25) is 0 Å². The summed E-state index contributed by atoms with van der Waals surface area (Å²) in [7, 11) is -3.79. The zero-order valence-corrected chi connectivity index (χ0v) is 16.5. The Kier molecular flexibility index (Phi) is 5.57. The average Bonchev–Trinajstić information content (AvgIpc) is 3.05. The maximum atomic E-state index is 12.6. The lowest BCUT2D eigenvalue weighted by molar-refractivity contribution is 0.0950. The Morgan fingerprint density at radius 2 is 1.89 bits per heavy atom. The first kappa shape index (κ1) is 19.1. The van der Waals surface area contributed by atoms with E-state index in [1.165, 1.54) is 23.5 Å². The Morgan fingerprint density at radius 1 is 1.11 bits per heavy atom. The highest BCUT2D eigenvalue weighted by Crippen LogP contribution is 2.18. The Labute approximate surface area is 162 Å². The van der Waals surface area contributed by atoms with Gasteiger partial charge in [-0.15, -0.1) is 11.3 Å². The van der Waals surface area contributed by atoms with Crippen LogP contribution in [0.15, 0.2) is 58.8 Å². The molecule has 1 amide bonds. The van der Waals surface area contributed by atoms with Crippen LogP contribution in [0.4, 0.5) is 5.69 Å². The van der Waals surface area contributed by atoms with E-state index in [0.717, 1.165) is 16.3 Å². The molecule has 2 N–H and O–H groups in total. The van der Waals surface area contributed by atoms with Crippen molar-refractivity contribution in [2.24, 2.45) is 0 Å². The number of aromatic nitrogens is 1. The molecule has 0 aliphatic rings. The summed E-state index contributed by atoms with van der Waals surface area (Å²) < 4.78 is 27.8. The van der Waals surface area contributed by atoms with Gasteiger partial charge in [0.1, 0.15) is 0 Å². The van der Waals surface area contributed by atoms with Crippen LogP contribution in [-0.2, 0) is 16.6 Å². The van der Waals surface area contributed by atoms with E-state index >= 15 is 0 Å². The quantitative estimate of drug-likeness (QED) is 0.662. The second-order valence-corrected chi connectivity index (χ2v) is 8.79. The van der Waals surface area contributed by atoms with E-state index in [1.807, 2.05) is 25.3 Å². The molecule has 0 saturated heterocycles. The highest BCUT2D eigenvalue weighted by atomic mass is 32.2. The van der Waals surface area contributed by atoms with Crippen molar-refractivity contribution in [3.05, 3.63) is 75.7 Å². The summed E-state index contributed by atoms with van der Waals surface area (Å²) in [6.07, 6.45) is 0. The molecule has 0 fully saturated rings. The minimum Gasteiger partial charge on any atom is -0.346 e. The fourth-order valence-corrected chi connectivity index (χ4v) is 4.20. The van der Waals surface area contributed by atoms with Crippen LogP contribution in [0.5, 0.6) is 0 Å². The van der Waals surface area contributed by atoms with Crippen LogP contribution in [-0.4, -0.2) is 19.3 Å². The van der Waals surface area contributed by atoms with E-state index < -0.39 is 10.0 Å². The molecule has 0 radical (unpaired) electrons. The predicted octanol–water partition coefficient (Wildman–Crippen LogP) is 3.49. The summed E-state index contributed by atoms with van der Waals surface area (Å²) in [6.45, 7) is 4.07. The van der Waals surface area contributed by atoms with E-state index in [2.05, 4.69) is 15.0 Å². The van der Waals surface area contributed by atoms with E-state index in [0.29, 0.717) is 12.2 Å². The second kappa shape index (κ2) is 7.89. The van der Waals surface area contributed by atoms with Crippen LogP contribution in [0.2, 0.25) is 0 Å². The number of aryl methyl sites for hydroxylation is 2. The normalized spacial score (nSPS) is 11.2. The Balaban J connectivity index is 1.74. The zero-order valence-electron chi connectivity index (χ0n) is 14.9. The molecule has 3 aromatic rings. The van der Waals surface area contributed by atoms with E-state index in [9.17, 15) is 13.2 Å². The maximum absolute atomic E-state index is 12.6. The number of nitrogens with zero attached hydrogens (tertiary/aromatic N) is 1. The first-order valence-electron chi connectivity index (χ1n) is 8.22. The molecule has 8 heteroatoms. The molecule has 0 spiro atoms. The number of carbonyl (C=O) groups excluding carboxylic acids is 1. The summed E-state index contributed by atoms with van der Waals surface area (Å²) >= 11 is 1.51. The summed E-state index contributed by atoms with van der Waals surface area (Å²) in [5.74, 6) is -0.353. The number of rotatable bonds is 6. The fourth-order valence-electron chi connectivity index (χ4n) is 2.49. The van der Waals surface area contributed by atoms with Gasteiger partial charge in [-0.25, -0.2) is 13.4 Å². The molecule has 27 heavy (non-hydrogen) atoms. The smallest absolute Gasteiger partial charge is 0.261 e. The molecule has 1 heterocycles. The molecule has 0 unspecified atom stereocenters. The van der Waals surface area contributed by atoms with Crippen molar-refractivity contribution in [1.29, 1.82) is 0 Å². The summed E-state index contributed by atoms with van der Waals surface area (Å²) in [5, 5.41) is 5.56. The van der Waals surface area contributed by atoms with Crippen molar-refractivity contribution in [1.82, 2.24) is 10.3 Å². The van der Waals surface area contributed by atoms with Crippen molar-refractivity contribution in [2.75, 3.05) is 4.72 Å². The highest BCUT2D eigenvalue weighted by molar-refractivity contribution is 7.92. The zero-order chi connectivity index (χ0) is 19.4. The lowest BCUT2D eigenvalue weighted by Crippen LogP contribution is -2.23. The highest BCUT2D eigenvalue weighted by Gasteiger charge is 2.16. The van der Waals surface area contributed by atoms with Gasteiger partial charge in [0, 0.05) is 16.6 Å². The molecular formula is C19H19N3O3S2. The van der Waals surface area contributed by atoms with Crippen molar-refractivity contribution in [2.45, 2.75) is 25.3 Å². The van der Waals surface area contributed by atoms with Gasteiger partial charge in [-0.2, -0.15) is 0 Å². The monoisotopic (exact) mass is 401 g/mol. The second-order valence-electron chi connectivity index (χ2n) is 6.04. The molecule has 0 bridgehead atoms. The van der Waals surface area contributed by atoms with Crippen LogP contribution in [0.25, 0.3) is 0 Å². The molecule has 0 aliphatic heterocycles. The van der Waals surface area contributed by atoms with Crippen molar-refractivity contribution < 1.29 is 13.2 Å². The Bertz CT molecular complexity index is 1080. The van der Waals surface area contributed by atoms with Gasteiger partial charge in [0.25, 0.3) is 15.9 Å². The third kappa shape index (κ3) is 4.93. The average molecular weight is 402 g/mol. The number of thiazole rings is 1. The van der Waals surface area contributed by atoms with Gasteiger partial charge < -0.3 is 5.32 Å². The SMILES string of the molecule is Cc1cccc(NS(=O)(=O)c2cccc(C(=O)NCc3csc(C)n3)c2)c1. The number of hydrogen-bond acceptors (Lipinski definition) is 5. The lowest BCUT2D eigenvalue weighted by Gasteiger charge is -2.10. The van der Waals surface area contributed by atoms with E-state index in [1.54, 1.807) is 30.3 Å². The first-order valence-corrected chi connectivity index (χ1v) is 10.6. The Morgan fingerprint density at radius 3 is 2.59 bits per heavy atom. The third-order valence-electron chi connectivity index (χ3n) is 3.77.